The van der Waals surface area contributed by atoms with Crippen LogP contribution in [0.4, 0.5) is 0 Å². The topological polar surface area (TPSA) is 401 Å². The lowest BCUT2D eigenvalue weighted by Gasteiger charge is -2.21. The minimum atomic E-state index is -1.24. The molecule has 1 heterocycles. The van der Waals surface area contributed by atoms with Crippen molar-refractivity contribution in [2.75, 3.05) is 19.6 Å². The Morgan fingerprint density at radius 1 is 0.839 bits per heavy atom. The number of aliphatic carboxylic acids is 2. The lowest BCUT2D eigenvalue weighted by molar-refractivity contribution is -0.166. The van der Waals surface area contributed by atoms with Gasteiger partial charge in [0, 0.05) is 6.54 Å². The largest absolute Gasteiger partial charge is 0.480 e. The number of nitrogens with one attached hydrogen (secondary N) is 3. The molecule has 1 fully saturated rings. The standard InChI is InChI=1S/C15H23N3O4.C14H25N3O5.C6H14N4O2/c16-8-2-1-3-12(17)15(21)22-11-6-4-10(5-7-11)9-13(18)14(19)20;1-7(2)10(15)13(19)22-14(20)11(16)8(3)21-12(18)9-5-4-6-17-9;7-4(5(11)12)2-1-3-10-6(8)9/h4-7,12-13H,1-3,8-9,16-18H2,(H,19,20);7-11,17H,4-6,15-16H2,1-3H3;4H,1-3,7H2,(H,11,12)(H4,8,9,10)/t12-,13-;8-,9+,10+,11+;4-/m010/s1. The number of nitrogens with two attached hydrogens (primary N) is 7. The van der Waals surface area contributed by atoms with Crippen molar-refractivity contribution in [2.24, 2.45) is 46.1 Å². The number of carboxylic acid groups (broad SMARTS) is 2. The van der Waals surface area contributed by atoms with E-state index in [1.165, 1.54) is 6.92 Å². The molecule has 0 unspecified atom stereocenters. The van der Waals surface area contributed by atoms with Gasteiger partial charge in [-0.2, -0.15) is 0 Å². The van der Waals surface area contributed by atoms with Crippen LogP contribution in [0.25, 0.3) is 0 Å². The molecule has 318 valence electrons. The van der Waals surface area contributed by atoms with Gasteiger partial charge in [0.05, 0.1) is 0 Å². The third-order valence-corrected chi connectivity index (χ3v) is 8.13. The highest BCUT2D eigenvalue weighted by Crippen LogP contribution is 2.15. The number of hydrogen-bond donors (Lipinski definition) is 12. The van der Waals surface area contributed by atoms with E-state index in [4.69, 9.17) is 65.2 Å². The maximum atomic E-state index is 11.8. The molecular formula is C35H62N10O11. The number of guanidine groups is 1. The minimum Gasteiger partial charge on any atom is -0.480 e. The van der Waals surface area contributed by atoms with Gasteiger partial charge in [0.2, 0.25) is 0 Å². The van der Waals surface area contributed by atoms with Gasteiger partial charge in [0.15, 0.2) is 5.96 Å². The molecule has 1 aliphatic rings. The molecule has 19 N–H and O–H groups in total. The highest BCUT2D eigenvalue weighted by Gasteiger charge is 2.32. The number of carbonyl (C=O) groups excluding carboxylic acids is 4. The molecule has 21 heteroatoms. The molecule has 1 aromatic rings. The fourth-order valence-corrected chi connectivity index (χ4v) is 4.45. The second-order valence-electron chi connectivity index (χ2n) is 13.4. The molecule has 0 radical (unpaired) electrons. The summed E-state index contributed by atoms with van der Waals surface area (Å²) in [5.74, 6) is -4.72. The van der Waals surface area contributed by atoms with Gasteiger partial charge in [-0.05, 0) is 88.6 Å². The Morgan fingerprint density at radius 3 is 1.91 bits per heavy atom. The number of esters is 4. The summed E-state index contributed by atoms with van der Waals surface area (Å²) in [5.41, 5.74) is 38.8. The first kappa shape index (κ1) is 51.2. The second-order valence-corrected chi connectivity index (χ2v) is 13.4. The molecule has 1 aromatic carbocycles. The van der Waals surface area contributed by atoms with Gasteiger partial charge in [-0.15, -0.1) is 0 Å². The third kappa shape index (κ3) is 21.9. The molecule has 0 amide bonds. The van der Waals surface area contributed by atoms with Crippen LogP contribution in [0, 0.1) is 11.3 Å². The van der Waals surface area contributed by atoms with Crippen molar-refractivity contribution in [2.45, 2.75) is 114 Å². The monoisotopic (exact) mass is 798 g/mol. The van der Waals surface area contributed by atoms with E-state index in [-0.39, 0.29) is 24.3 Å². The maximum Gasteiger partial charge on any atom is 0.334 e. The van der Waals surface area contributed by atoms with E-state index in [2.05, 4.69) is 15.4 Å². The lowest BCUT2D eigenvalue weighted by atomic mass is 10.1. The molecule has 1 aliphatic heterocycles. The number of ether oxygens (including phenoxy) is 3. The van der Waals surface area contributed by atoms with Gasteiger partial charge in [0.25, 0.3) is 0 Å². The zero-order valence-corrected chi connectivity index (χ0v) is 32.3. The Morgan fingerprint density at radius 2 is 1.41 bits per heavy atom. The Labute approximate surface area is 326 Å². The molecule has 0 aromatic heterocycles. The van der Waals surface area contributed by atoms with Crippen LogP contribution >= 0.6 is 0 Å². The van der Waals surface area contributed by atoms with E-state index in [1.807, 2.05) is 0 Å². The van der Waals surface area contributed by atoms with Crippen LogP contribution in [0.15, 0.2) is 24.3 Å². The Balaban J connectivity index is 0.000000849. The number of benzene rings is 1. The van der Waals surface area contributed by atoms with Crippen molar-refractivity contribution >= 4 is 41.8 Å². The summed E-state index contributed by atoms with van der Waals surface area (Å²) in [4.78, 5) is 67.9. The van der Waals surface area contributed by atoms with Crippen molar-refractivity contribution in [3.05, 3.63) is 29.8 Å². The number of rotatable bonds is 20. The predicted molar refractivity (Wildman–Crippen MR) is 206 cm³/mol. The van der Waals surface area contributed by atoms with Crippen molar-refractivity contribution in [3.63, 3.8) is 0 Å². The highest BCUT2D eigenvalue weighted by atomic mass is 16.6. The normalized spacial score (nSPS) is 16.5. The zero-order valence-electron chi connectivity index (χ0n) is 32.3. The lowest BCUT2D eigenvalue weighted by Crippen LogP contribution is -2.48. The van der Waals surface area contributed by atoms with E-state index in [9.17, 15) is 28.8 Å². The summed E-state index contributed by atoms with van der Waals surface area (Å²) in [5, 5.41) is 29.5. The predicted octanol–water partition coefficient (Wildman–Crippen LogP) is -2.29. The van der Waals surface area contributed by atoms with Crippen LogP contribution in [0.2, 0.25) is 0 Å². The average Bonchev–Trinajstić information content (AvgIpc) is 3.69. The molecule has 2 rings (SSSR count). The molecular weight excluding hydrogens is 736 g/mol. The van der Waals surface area contributed by atoms with Crippen LogP contribution in [0.1, 0.15) is 71.3 Å². The van der Waals surface area contributed by atoms with E-state index in [1.54, 1.807) is 38.1 Å². The van der Waals surface area contributed by atoms with E-state index >= 15 is 0 Å². The summed E-state index contributed by atoms with van der Waals surface area (Å²) >= 11 is 0. The Kier molecular flexibility index (Phi) is 25.4. The van der Waals surface area contributed by atoms with Gasteiger partial charge in [0.1, 0.15) is 48.1 Å². The highest BCUT2D eigenvalue weighted by molar-refractivity contribution is 5.91. The number of unbranched alkanes of at least 4 members (excludes halogenated alkanes) is 1. The van der Waals surface area contributed by atoms with Crippen molar-refractivity contribution in [3.8, 4) is 5.75 Å². The summed E-state index contributed by atoms with van der Waals surface area (Å²) < 4.78 is 14.9. The van der Waals surface area contributed by atoms with E-state index < -0.39 is 72.1 Å². The van der Waals surface area contributed by atoms with Gasteiger partial charge >= 0.3 is 35.8 Å². The average molecular weight is 799 g/mol. The van der Waals surface area contributed by atoms with Crippen LogP contribution in [0.3, 0.4) is 0 Å². The van der Waals surface area contributed by atoms with Crippen molar-refractivity contribution < 1.29 is 53.2 Å². The summed E-state index contributed by atoms with van der Waals surface area (Å²) in [6, 6.07) is 1.56. The molecule has 21 nitrogen and oxygen atoms in total. The SMILES string of the molecule is CC(C)[C@H](N)C(=O)OC(=O)[C@@H](N)[C@@H](C)OC(=O)[C@@H]1CCCN1.N=C(N)NCCC[C@H](N)C(=O)O.NCCCC[C@H](N)C(=O)Oc1ccc(C[C@H](N)C(=O)O)cc1. The van der Waals surface area contributed by atoms with Gasteiger partial charge in [-0.1, -0.05) is 32.4 Å². The third-order valence-electron chi connectivity index (χ3n) is 8.13. The minimum absolute atomic E-state index is 0.112. The van der Waals surface area contributed by atoms with E-state index in [0.29, 0.717) is 44.5 Å². The van der Waals surface area contributed by atoms with Gasteiger partial charge < -0.3 is 75.2 Å². The first-order valence-corrected chi connectivity index (χ1v) is 18.2. The van der Waals surface area contributed by atoms with E-state index in [0.717, 1.165) is 31.4 Å². The fraction of sp³-hybridized carbons (Fsp3) is 0.629. The van der Waals surface area contributed by atoms with Crippen molar-refractivity contribution in [1.29, 1.82) is 5.41 Å². The number of carboxylic acids is 2. The maximum absolute atomic E-state index is 11.8. The molecule has 1 saturated heterocycles. The molecule has 0 bridgehead atoms. The summed E-state index contributed by atoms with van der Waals surface area (Å²) in [6.07, 6.45) is 3.99. The molecule has 0 saturated carbocycles. The van der Waals surface area contributed by atoms with Crippen LogP contribution in [0.5, 0.6) is 5.75 Å². The molecule has 7 atom stereocenters. The van der Waals surface area contributed by atoms with Gasteiger partial charge in [-0.3, -0.25) is 19.8 Å². The Bertz CT molecular complexity index is 1390. The first-order chi connectivity index (χ1) is 26.2. The second kappa shape index (κ2) is 27.8. The molecule has 0 aliphatic carbocycles. The summed E-state index contributed by atoms with van der Waals surface area (Å²) in [6.45, 7) is 6.75. The molecule has 0 spiro atoms. The fourth-order valence-electron chi connectivity index (χ4n) is 4.45. The summed E-state index contributed by atoms with van der Waals surface area (Å²) in [7, 11) is 0. The number of carbonyl (C=O) groups is 6. The van der Waals surface area contributed by atoms with Crippen LogP contribution in [-0.2, 0) is 44.7 Å². The van der Waals surface area contributed by atoms with Gasteiger partial charge in [-0.25, -0.2) is 14.4 Å². The van der Waals surface area contributed by atoms with Crippen LogP contribution < -0.4 is 55.5 Å². The number of hydrogen-bond acceptors (Lipinski definition) is 17. The van der Waals surface area contributed by atoms with Crippen molar-refractivity contribution in [1.82, 2.24) is 10.6 Å². The smallest absolute Gasteiger partial charge is 0.334 e. The molecule has 56 heavy (non-hydrogen) atoms. The Hall–Kier alpha value is -4.77. The first-order valence-electron chi connectivity index (χ1n) is 18.2. The quantitative estimate of drug-likeness (QED) is 0.0165. The van der Waals surface area contributed by atoms with Crippen LogP contribution in [-0.4, -0.2) is 114 Å². The zero-order chi connectivity index (χ0) is 43.0.